The van der Waals surface area contributed by atoms with E-state index >= 15 is 0 Å². The maximum absolute atomic E-state index is 11.8. The van der Waals surface area contributed by atoms with Crippen LogP contribution in [-0.4, -0.2) is 23.0 Å². The summed E-state index contributed by atoms with van der Waals surface area (Å²) >= 11 is 0. The van der Waals surface area contributed by atoms with Crippen molar-refractivity contribution in [1.82, 2.24) is 5.32 Å². The van der Waals surface area contributed by atoms with Crippen molar-refractivity contribution in [2.45, 2.75) is 25.9 Å². The Morgan fingerprint density at radius 2 is 1.78 bits per heavy atom. The third-order valence-corrected chi connectivity index (χ3v) is 2.69. The summed E-state index contributed by atoms with van der Waals surface area (Å²) in [4.78, 5) is 22.9. The molecule has 0 aliphatic carbocycles. The van der Waals surface area contributed by atoms with Gasteiger partial charge in [0, 0.05) is 0 Å². The fourth-order valence-corrected chi connectivity index (χ4v) is 1.47. The Balaban J connectivity index is 2.83. The lowest BCUT2D eigenvalue weighted by Gasteiger charge is -2.20. The normalized spacial score (nSPS) is 14.0. The monoisotopic (exact) mass is 250 g/mol. The van der Waals surface area contributed by atoms with Gasteiger partial charge in [0.05, 0.1) is 6.04 Å². The van der Waals surface area contributed by atoms with Crippen molar-refractivity contribution < 1.29 is 14.7 Å². The van der Waals surface area contributed by atoms with Crippen molar-refractivity contribution in [3.05, 3.63) is 35.9 Å². The van der Waals surface area contributed by atoms with E-state index in [0.717, 1.165) is 0 Å². The number of benzene rings is 1. The van der Waals surface area contributed by atoms with Crippen LogP contribution in [0.2, 0.25) is 0 Å². The first-order chi connectivity index (χ1) is 8.43. The summed E-state index contributed by atoms with van der Waals surface area (Å²) in [6.45, 7) is 3.62. The van der Waals surface area contributed by atoms with Crippen LogP contribution in [0.25, 0.3) is 0 Å². The molecular formula is C13H18N2O3. The van der Waals surface area contributed by atoms with Crippen molar-refractivity contribution in [2.24, 2.45) is 11.7 Å². The van der Waals surface area contributed by atoms with Crippen LogP contribution in [-0.2, 0) is 9.59 Å². The minimum absolute atomic E-state index is 0.0461. The van der Waals surface area contributed by atoms with Gasteiger partial charge in [0.2, 0.25) is 5.91 Å². The van der Waals surface area contributed by atoms with Gasteiger partial charge in [-0.15, -0.1) is 0 Å². The van der Waals surface area contributed by atoms with E-state index in [1.807, 2.05) is 13.8 Å². The summed E-state index contributed by atoms with van der Waals surface area (Å²) in [5.74, 6) is -1.61. The lowest BCUT2D eigenvalue weighted by Crippen LogP contribution is -2.46. The number of hydrogen-bond acceptors (Lipinski definition) is 3. The van der Waals surface area contributed by atoms with Crippen LogP contribution in [0.4, 0.5) is 0 Å². The van der Waals surface area contributed by atoms with Crippen LogP contribution in [0.5, 0.6) is 0 Å². The molecule has 0 bridgehead atoms. The van der Waals surface area contributed by atoms with Gasteiger partial charge >= 0.3 is 5.97 Å². The maximum atomic E-state index is 11.8. The number of nitrogens with two attached hydrogens (primary N) is 1. The van der Waals surface area contributed by atoms with E-state index in [1.54, 1.807) is 30.3 Å². The number of nitrogens with one attached hydrogen (secondary N) is 1. The van der Waals surface area contributed by atoms with E-state index < -0.39 is 24.0 Å². The predicted octanol–water partition coefficient (Wildman–Crippen LogP) is 0.912. The summed E-state index contributed by atoms with van der Waals surface area (Å²) < 4.78 is 0. The number of rotatable bonds is 5. The van der Waals surface area contributed by atoms with E-state index in [0.29, 0.717) is 5.56 Å². The van der Waals surface area contributed by atoms with E-state index in [2.05, 4.69) is 5.32 Å². The van der Waals surface area contributed by atoms with E-state index in [4.69, 9.17) is 10.8 Å². The van der Waals surface area contributed by atoms with Gasteiger partial charge in [0.15, 0.2) is 6.04 Å². The molecule has 0 fully saturated rings. The quantitative estimate of drug-likeness (QED) is 0.724. The van der Waals surface area contributed by atoms with E-state index in [-0.39, 0.29) is 5.92 Å². The Labute approximate surface area is 106 Å². The predicted molar refractivity (Wildman–Crippen MR) is 67.8 cm³/mol. The van der Waals surface area contributed by atoms with Crippen molar-refractivity contribution in [3.8, 4) is 0 Å². The summed E-state index contributed by atoms with van der Waals surface area (Å²) in [5.41, 5.74) is 6.20. The maximum Gasteiger partial charge on any atom is 0.330 e. The fourth-order valence-electron chi connectivity index (χ4n) is 1.47. The molecular weight excluding hydrogens is 232 g/mol. The van der Waals surface area contributed by atoms with Gasteiger partial charge in [0.1, 0.15) is 0 Å². The van der Waals surface area contributed by atoms with Crippen molar-refractivity contribution in [1.29, 1.82) is 0 Å². The second-order valence-electron chi connectivity index (χ2n) is 4.46. The first-order valence-corrected chi connectivity index (χ1v) is 5.77. The van der Waals surface area contributed by atoms with Gasteiger partial charge in [-0.1, -0.05) is 44.2 Å². The molecule has 4 N–H and O–H groups in total. The largest absolute Gasteiger partial charge is 0.479 e. The van der Waals surface area contributed by atoms with Crippen LogP contribution >= 0.6 is 0 Å². The Morgan fingerprint density at radius 1 is 1.22 bits per heavy atom. The fraction of sp³-hybridized carbons (Fsp3) is 0.385. The standard InChI is InChI=1S/C13H18N2O3/c1-8(2)10(14)12(16)15-11(13(17)18)9-6-4-3-5-7-9/h3-8,10-11H,14H2,1-2H3,(H,15,16)(H,17,18)/t10?,11-/m0/s1. The van der Waals surface area contributed by atoms with E-state index in [9.17, 15) is 9.59 Å². The Hall–Kier alpha value is -1.88. The minimum atomic E-state index is -1.11. The average Bonchev–Trinajstić information content (AvgIpc) is 2.35. The number of carboxylic acids is 1. The number of amides is 1. The van der Waals surface area contributed by atoms with Crippen LogP contribution in [0.1, 0.15) is 25.5 Å². The average molecular weight is 250 g/mol. The van der Waals surface area contributed by atoms with Crippen molar-refractivity contribution in [3.63, 3.8) is 0 Å². The molecule has 18 heavy (non-hydrogen) atoms. The SMILES string of the molecule is CC(C)C(N)C(=O)N[C@H](C(=O)O)c1ccccc1. The van der Waals surface area contributed by atoms with Gasteiger partial charge in [-0.2, -0.15) is 0 Å². The van der Waals surface area contributed by atoms with Gasteiger partial charge in [0.25, 0.3) is 0 Å². The highest BCUT2D eigenvalue weighted by atomic mass is 16.4. The second kappa shape index (κ2) is 6.16. The third-order valence-electron chi connectivity index (χ3n) is 2.69. The Bertz CT molecular complexity index is 418. The van der Waals surface area contributed by atoms with Crippen LogP contribution in [0.3, 0.4) is 0 Å². The molecule has 2 atom stereocenters. The first kappa shape index (κ1) is 14.2. The highest BCUT2D eigenvalue weighted by molar-refractivity contribution is 5.87. The zero-order valence-corrected chi connectivity index (χ0v) is 10.5. The summed E-state index contributed by atoms with van der Waals surface area (Å²) in [5, 5.41) is 11.6. The number of carbonyl (C=O) groups is 2. The van der Waals surface area contributed by atoms with Crippen molar-refractivity contribution >= 4 is 11.9 Å². The zero-order chi connectivity index (χ0) is 13.7. The molecule has 0 saturated heterocycles. The van der Waals surface area contributed by atoms with Crippen LogP contribution in [0.15, 0.2) is 30.3 Å². The minimum Gasteiger partial charge on any atom is -0.479 e. The van der Waals surface area contributed by atoms with Crippen molar-refractivity contribution in [2.75, 3.05) is 0 Å². The highest BCUT2D eigenvalue weighted by Crippen LogP contribution is 2.13. The lowest BCUT2D eigenvalue weighted by atomic mass is 10.0. The number of carboxylic acid groups (broad SMARTS) is 1. The molecule has 98 valence electrons. The topological polar surface area (TPSA) is 92.4 Å². The summed E-state index contributed by atoms with van der Waals surface area (Å²) in [7, 11) is 0. The molecule has 0 aromatic heterocycles. The van der Waals surface area contributed by atoms with Gasteiger partial charge < -0.3 is 16.2 Å². The third kappa shape index (κ3) is 3.56. The Kier molecular flexibility index (Phi) is 4.85. The molecule has 0 saturated carbocycles. The highest BCUT2D eigenvalue weighted by Gasteiger charge is 2.25. The molecule has 0 aliphatic rings. The number of hydrogen-bond donors (Lipinski definition) is 3. The summed E-state index contributed by atoms with van der Waals surface area (Å²) in [6, 6.07) is 6.75. The molecule has 0 aliphatic heterocycles. The lowest BCUT2D eigenvalue weighted by molar-refractivity contribution is -0.142. The molecule has 1 unspecified atom stereocenters. The molecule has 1 aromatic rings. The van der Waals surface area contributed by atoms with Crippen LogP contribution in [0, 0.1) is 5.92 Å². The van der Waals surface area contributed by atoms with Crippen LogP contribution < -0.4 is 11.1 Å². The number of carbonyl (C=O) groups excluding carboxylic acids is 1. The molecule has 1 rings (SSSR count). The zero-order valence-electron chi connectivity index (χ0n) is 10.5. The van der Waals surface area contributed by atoms with E-state index in [1.165, 1.54) is 0 Å². The molecule has 5 nitrogen and oxygen atoms in total. The smallest absolute Gasteiger partial charge is 0.330 e. The molecule has 0 radical (unpaired) electrons. The molecule has 1 aromatic carbocycles. The Morgan fingerprint density at radius 3 is 2.22 bits per heavy atom. The molecule has 1 amide bonds. The number of aliphatic carboxylic acids is 1. The first-order valence-electron chi connectivity index (χ1n) is 5.77. The second-order valence-corrected chi connectivity index (χ2v) is 4.46. The molecule has 0 heterocycles. The van der Waals surface area contributed by atoms with Gasteiger partial charge in [-0.05, 0) is 11.5 Å². The molecule has 0 spiro atoms. The molecule has 5 heteroatoms. The van der Waals surface area contributed by atoms with Gasteiger partial charge in [-0.3, -0.25) is 4.79 Å². The van der Waals surface area contributed by atoms with Gasteiger partial charge in [-0.25, -0.2) is 4.79 Å². The summed E-state index contributed by atoms with van der Waals surface area (Å²) in [6.07, 6.45) is 0.